The second-order valence-electron chi connectivity index (χ2n) is 5.29. The Morgan fingerprint density at radius 3 is 2.64 bits per heavy atom. The molecule has 0 saturated carbocycles. The first-order valence-corrected chi connectivity index (χ1v) is 8.62. The molecule has 0 bridgehead atoms. The lowest BCUT2D eigenvalue weighted by atomic mass is 10.2. The summed E-state index contributed by atoms with van der Waals surface area (Å²) in [6.45, 7) is 3.55. The van der Waals surface area contributed by atoms with Crippen molar-refractivity contribution in [1.82, 2.24) is 15.1 Å². The van der Waals surface area contributed by atoms with E-state index in [0.717, 1.165) is 36.3 Å². The van der Waals surface area contributed by atoms with Crippen molar-refractivity contribution in [3.63, 3.8) is 0 Å². The van der Waals surface area contributed by atoms with Crippen LogP contribution in [0.25, 0.3) is 10.1 Å². The molecule has 1 saturated heterocycles. The lowest BCUT2D eigenvalue weighted by Gasteiger charge is -2.33. The number of hydrogen-bond donors (Lipinski definition) is 1. The standard InChI is InChI=1S/C15H16ClN3OS2/c1-18-6-8-19(9-7-18)15(21)17-14(20)13-12(16)10-4-2-3-5-11(10)22-13/h2-5H,6-9H2,1H3,(H,17,20,21). The van der Waals surface area contributed by atoms with Crippen LogP contribution in [0.15, 0.2) is 24.3 Å². The first-order chi connectivity index (χ1) is 10.6. The van der Waals surface area contributed by atoms with E-state index in [2.05, 4.69) is 17.3 Å². The zero-order valence-corrected chi connectivity index (χ0v) is 14.5. The molecule has 0 spiro atoms. The average molecular weight is 354 g/mol. The highest BCUT2D eigenvalue weighted by molar-refractivity contribution is 7.80. The minimum atomic E-state index is -0.227. The summed E-state index contributed by atoms with van der Waals surface area (Å²) < 4.78 is 1.00. The molecule has 1 aliphatic rings. The normalized spacial score (nSPS) is 16.0. The van der Waals surface area contributed by atoms with Crippen molar-refractivity contribution < 1.29 is 4.79 Å². The molecule has 2 heterocycles. The number of carbonyl (C=O) groups is 1. The molecule has 116 valence electrons. The summed E-state index contributed by atoms with van der Waals surface area (Å²) in [5.74, 6) is -0.227. The number of likely N-dealkylation sites (N-methyl/N-ethyl adjacent to an activating group) is 1. The Labute approximate surface area is 143 Å². The van der Waals surface area contributed by atoms with Crippen molar-refractivity contribution >= 4 is 56.3 Å². The Bertz CT molecular complexity index is 723. The zero-order valence-electron chi connectivity index (χ0n) is 12.1. The zero-order chi connectivity index (χ0) is 15.7. The van der Waals surface area contributed by atoms with Crippen molar-refractivity contribution in [2.45, 2.75) is 0 Å². The Morgan fingerprint density at radius 1 is 1.27 bits per heavy atom. The van der Waals surface area contributed by atoms with Crippen LogP contribution >= 0.6 is 35.2 Å². The number of thiocarbonyl (C=S) groups is 1. The number of benzene rings is 1. The minimum absolute atomic E-state index is 0.227. The highest BCUT2D eigenvalue weighted by Gasteiger charge is 2.21. The Kier molecular flexibility index (Phi) is 4.63. The van der Waals surface area contributed by atoms with E-state index in [1.165, 1.54) is 11.3 Å². The number of thiophene rings is 1. The van der Waals surface area contributed by atoms with Crippen molar-refractivity contribution in [3.8, 4) is 0 Å². The quantitative estimate of drug-likeness (QED) is 0.800. The van der Waals surface area contributed by atoms with Crippen LogP contribution in [-0.4, -0.2) is 54.0 Å². The van der Waals surface area contributed by atoms with Gasteiger partial charge in [0.05, 0.1) is 5.02 Å². The molecule has 3 rings (SSSR count). The number of hydrogen-bond acceptors (Lipinski definition) is 4. The van der Waals surface area contributed by atoms with Gasteiger partial charge in [-0.1, -0.05) is 29.8 Å². The number of rotatable bonds is 1. The van der Waals surface area contributed by atoms with Crippen LogP contribution in [0.4, 0.5) is 0 Å². The summed E-state index contributed by atoms with van der Waals surface area (Å²) in [5, 5.41) is 4.69. The fourth-order valence-electron chi connectivity index (χ4n) is 2.40. The van der Waals surface area contributed by atoms with Crippen molar-refractivity contribution in [3.05, 3.63) is 34.2 Å². The number of piperazine rings is 1. The predicted octanol–water partition coefficient (Wildman–Crippen LogP) is 2.82. The smallest absolute Gasteiger partial charge is 0.269 e. The van der Waals surface area contributed by atoms with E-state index in [1.54, 1.807) is 0 Å². The third kappa shape index (κ3) is 3.10. The fraction of sp³-hybridized carbons (Fsp3) is 0.333. The Balaban J connectivity index is 1.73. The summed E-state index contributed by atoms with van der Waals surface area (Å²) >= 11 is 13.1. The molecule has 0 radical (unpaired) electrons. The van der Waals surface area contributed by atoms with Gasteiger partial charge in [0.1, 0.15) is 4.88 Å². The van der Waals surface area contributed by atoms with Crippen LogP contribution in [0, 0.1) is 0 Å². The van der Waals surface area contributed by atoms with Gasteiger partial charge in [-0.15, -0.1) is 11.3 Å². The van der Waals surface area contributed by atoms with Gasteiger partial charge in [0, 0.05) is 36.3 Å². The number of nitrogens with zero attached hydrogens (tertiary/aromatic N) is 2. The molecule has 0 unspecified atom stereocenters. The van der Waals surface area contributed by atoms with Crippen LogP contribution in [0.5, 0.6) is 0 Å². The van der Waals surface area contributed by atoms with Gasteiger partial charge in [-0.2, -0.15) is 0 Å². The molecule has 0 aliphatic carbocycles. The predicted molar refractivity (Wildman–Crippen MR) is 96.0 cm³/mol. The van der Waals surface area contributed by atoms with Crippen molar-refractivity contribution in [2.24, 2.45) is 0 Å². The van der Waals surface area contributed by atoms with Crippen LogP contribution in [0.3, 0.4) is 0 Å². The average Bonchev–Trinajstić information content (AvgIpc) is 2.85. The lowest BCUT2D eigenvalue weighted by Crippen LogP contribution is -2.51. The van der Waals surface area contributed by atoms with E-state index < -0.39 is 0 Å². The molecule has 2 aromatic rings. The maximum Gasteiger partial charge on any atom is 0.269 e. The van der Waals surface area contributed by atoms with Crippen LogP contribution in [0.2, 0.25) is 5.02 Å². The fourth-order valence-corrected chi connectivity index (χ4v) is 4.09. The molecule has 7 heteroatoms. The first kappa shape index (κ1) is 15.7. The number of nitrogens with one attached hydrogen (secondary N) is 1. The molecular weight excluding hydrogens is 338 g/mol. The van der Waals surface area contributed by atoms with Crippen molar-refractivity contribution in [2.75, 3.05) is 33.2 Å². The topological polar surface area (TPSA) is 35.6 Å². The first-order valence-electron chi connectivity index (χ1n) is 7.02. The molecule has 1 N–H and O–H groups in total. The minimum Gasteiger partial charge on any atom is -0.346 e. The highest BCUT2D eigenvalue weighted by atomic mass is 35.5. The summed E-state index contributed by atoms with van der Waals surface area (Å²) in [4.78, 5) is 17.2. The number of halogens is 1. The van der Waals surface area contributed by atoms with Crippen molar-refractivity contribution in [1.29, 1.82) is 0 Å². The second kappa shape index (κ2) is 6.50. The van der Waals surface area contributed by atoms with Gasteiger partial charge in [-0.25, -0.2) is 0 Å². The molecule has 1 amide bonds. The molecule has 1 fully saturated rings. The highest BCUT2D eigenvalue weighted by Crippen LogP contribution is 2.34. The molecule has 4 nitrogen and oxygen atoms in total. The van der Waals surface area contributed by atoms with Gasteiger partial charge in [-0.05, 0) is 25.3 Å². The summed E-state index contributed by atoms with van der Waals surface area (Å²) in [6.07, 6.45) is 0. The van der Waals surface area contributed by atoms with E-state index in [1.807, 2.05) is 29.2 Å². The molecule has 0 atom stereocenters. The molecule has 1 aromatic heterocycles. The molecular formula is C15H16ClN3OS2. The van der Waals surface area contributed by atoms with Crippen LogP contribution in [-0.2, 0) is 0 Å². The number of fused-ring (bicyclic) bond motifs is 1. The van der Waals surface area contributed by atoms with E-state index in [4.69, 9.17) is 23.8 Å². The summed E-state index contributed by atoms with van der Waals surface area (Å²) in [6, 6.07) is 7.73. The van der Waals surface area contributed by atoms with Crippen LogP contribution < -0.4 is 5.32 Å². The van der Waals surface area contributed by atoms with Gasteiger partial charge in [0.15, 0.2) is 5.11 Å². The van der Waals surface area contributed by atoms with E-state index in [9.17, 15) is 4.79 Å². The second-order valence-corrected chi connectivity index (χ2v) is 7.11. The maximum absolute atomic E-state index is 12.4. The van der Waals surface area contributed by atoms with Gasteiger partial charge >= 0.3 is 0 Å². The molecule has 22 heavy (non-hydrogen) atoms. The molecule has 1 aromatic carbocycles. The van der Waals surface area contributed by atoms with Gasteiger partial charge in [-0.3, -0.25) is 10.1 Å². The third-order valence-corrected chi connectivity index (χ3v) is 5.79. The maximum atomic E-state index is 12.4. The van der Waals surface area contributed by atoms with E-state index in [-0.39, 0.29) is 5.91 Å². The SMILES string of the molecule is CN1CCN(C(=S)NC(=O)c2sc3ccccc3c2Cl)CC1. The van der Waals surface area contributed by atoms with E-state index in [0.29, 0.717) is 15.0 Å². The number of carbonyl (C=O) groups excluding carboxylic acids is 1. The third-order valence-electron chi connectivity index (χ3n) is 3.75. The lowest BCUT2D eigenvalue weighted by molar-refractivity contribution is 0.0975. The number of amides is 1. The van der Waals surface area contributed by atoms with Gasteiger partial charge in [0.2, 0.25) is 0 Å². The Morgan fingerprint density at radius 2 is 1.95 bits per heavy atom. The monoisotopic (exact) mass is 353 g/mol. The van der Waals surface area contributed by atoms with E-state index >= 15 is 0 Å². The van der Waals surface area contributed by atoms with Crippen LogP contribution in [0.1, 0.15) is 9.67 Å². The largest absolute Gasteiger partial charge is 0.346 e. The summed E-state index contributed by atoms with van der Waals surface area (Å²) in [7, 11) is 2.08. The van der Waals surface area contributed by atoms with Gasteiger partial charge in [0.25, 0.3) is 5.91 Å². The van der Waals surface area contributed by atoms with Gasteiger partial charge < -0.3 is 9.80 Å². The molecule has 1 aliphatic heterocycles. The Hall–Kier alpha value is -1.21. The summed E-state index contributed by atoms with van der Waals surface area (Å²) in [5.41, 5.74) is 0.